The summed E-state index contributed by atoms with van der Waals surface area (Å²) in [6, 6.07) is 18.7. The van der Waals surface area contributed by atoms with Gasteiger partial charge >= 0.3 is 11.9 Å². The number of carbonyl (C=O) groups is 2. The van der Waals surface area contributed by atoms with Crippen molar-refractivity contribution in [1.29, 1.82) is 0 Å². The smallest absolute Gasteiger partial charge is 0.343 e. The number of rotatable bonds is 7. The van der Waals surface area contributed by atoms with Crippen LogP contribution in [-0.4, -0.2) is 40.0 Å². The number of hydrogen-bond donors (Lipinski definition) is 0. The molecule has 1 fully saturated rings. The highest BCUT2D eigenvalue weighted by Crippen LogP contribution is 2.36. The monoisotopic (exact) mass is 375 g/mol. The Morgan fingerprint density at radius 2 is 1.69 bits per heavy atom. The fourth-order valence-corrected chi connectivity index (χ4v) is 3.89. The Balaban J connectivity index is 1.57. The average molecular weight is 375 g/mol. The van der Waals surface area contributed by atoms with Gasteiger partial charge in [0.1, 0.15) is 26.2 Å². The number of amides is 1. The van der Waals surface area contributed by atoms with Crippen molar-refractivity contribution in [2.45, 2.75) is 13.2 Å². The second-order valence-electron chi connectivity index (χ2n) is 6.07. The zero-order valence-electron chi connectivity index (χ0n) is 14.2. The van der Waals surface area contributed by atoms with Crippen LogP contribution < -0.4 is 0 Å². The van der Waals surface area contributed by atoms with Gasteiger partial charge < -0.3 is 4.74 Å². The van der Waals surface area contributed by atoms with E-state index in [2.05, 4.69) is 0 Å². The van der Waals surface area contributed by atoms with Gasteiger partial charge in [-0.1, -0.05) is 60.7 Å². The van der Waals surface area contributed by atoms with E-state index in [0.717, 1.165) is 23.3 Å². The highest BCUT2D eigenvalue weighted by atomic mass is 32.2. The molecule has 1 saturated heterocycles. The second-order valence-corrected chi connectivity index (χ2v) is 7.45. The van der Waals surface area contributed by atoms with Gasteiger partial charge in [0.25, 0.3) is 0 Å². The molecular formula is C19H20FN2O3S+. The summed E-state index contributed by atoms with van der Waals surface area (Å²) in [7, 11) is 0. The third-order valence-corrected chi connectivity index (χ3v) is 5.29. The molecule has 5 nitrogen and oxygen atoms in total. The van der Waals surface area contributed by atoms with Crippen molar-refractivity contribution in [3.8, 4) is 0 Å². The number of carbonyl (C=O) groups excluding carboxylic acids is 2. The number of nitrogens with zero attached hydrogens (tertiary/aromatic N) is 2. The average Bonchev–Trinajstić information content (AvgIpc) is 2.97. The summed E-state index contributed by atoms with van der Waals surface area (Å²) in [6.07, 6.45) is 0. The highest BCUT2D eigenvalue weighted by molar-refractivity contribution is 7.92. The van der Waals surface area contributed by atoms with Gasteiger partial charge in [-0.3, -0.25) is 4.79 Å². The minimum Gasteiger partial charge on any atom is -0.460 e. The predicted octanol–water partition coefficient (Wildman–Crippen LogP) is 3.08. The zero-order chi connectivity index (χ0) is 18.4. The third kappa shape index (κ3) is 4.49. The number of esters is 1. The lowest BCUT2D eigenvalue weighted by Gasteiger charge is -2.24. The lowest BCUT2D eigenvalue weighted by molar-refractivity contribution is -0.743. The van der Waals surface area contributed by atoms with Gasteiger partial charge in [-0.05, 0) is 5.56 Å². The maximum atomic E-state index is 13.8. The van der Waals surface area contributed by atoms with Crippen molar-refractivity contribution in [3.63, 3.8) is 0 Å². The minimum atomic E-state index is -0.825. The van der Waals surface area contributed by atoms with Gasteiger partial charge in [0, 0.05) is 5.56 Å². The van der Waals surface area contributed by atoms with Crippen molar-refractivity contribution in [2.75, 3.05) is 19.9 Å². The molecule has 0 N–H and O–H groups in total. The largest absolute Gasteiger partial charge is 0.460 e. The molecule has 136 valence electrons. The number of ether oxygens (including phenoxy) is 1. The topological polar surface area (TPSA) is 46.6 Å². The molecule has 1 unspecified atom stereocenters. The van der Waals surface area contributed by atoms with Crippen molar-refractivity contribution < 1.29 is 22.6 Å². The summed E-state index contributed by atoms with van der Waals surface area (Å²) in [5.41, 5.74) is 1.77. The standard InChI is InChI=1S/C19H20FN2O3S/c20-15-22(13-16-7-3-1-4-8-16)18(23)11-21(26-22)12-19(24)25-14-17-9-5-2-6-10-17/h1-10H,11-15H2/q+1. The van der Waals surface area contributed by atoms with Crippen LogP contribution in [-0.2, 0) is 27.5 Å². The zero-order valence-corrected chi connectivity index (χ0v) is 15.0. The van der Waals surface area contributed by atoms with E-state index in [9.17, 15) is 14.0 Å². The number of alkyl halides is 1. The molecule has 3 rings (SSSR count). The van der Waals surface area contributed by atoms with Crippen LogP contribution >= 0.6 is 12.1 Å². The van der Waals surface area contributed by atoms with Gasteiger partial charge in [0.05, 0.1) is 0 Å². The van der Waals surface area contributed by atoms with Crippen molar-refractivity contribution in [1.82, 2.24) is 4.31 Å². The van der Waals surface area contributed by atoms with E-state index in [1.807, 2.05) is 60.7 Å². The van der Waals surface area contributed by atoms with E-state index in [1.165, 1.54) is 0 Å². The first-order valence-corrected chi connectivity index (χ1v) is 8.99. The van der Waals surface area contributed by atoms with E-state index in [-0.39, 0.29) is 32.1 Å². The van der Waals surface area contributed by atoms with Crippen LogP contribution in [0.25, 0.3) is 0 Å². The Bertz CT molecular complexity index is 760. The predicted molar refractivity (Wildman–Crippen MR) is 96.8 cm³/mol. The fraction of sp³-hybridized carbons (Fsp3) is 0.263. The Hall–Kier alpha value is -2.22. The van der Waals surface area contributed by atoms with Gasteiger partial charge in [-0.15, -0.1) is 0 Å². The molecule has 0 radical (unpaired) electrons. The van der Waals surface area contributed by atoms with Crippen molar-refractivity contribution >= 4 is 24.0 Å². The van der Waals surface area contributed by atoms with E-state index in [4.69, 9.17) is 4.74 Å². The van der Waals surface area contributed by atoms with E-state index in [1.54, 1.807) is 4.31 Å². The summed E-state index contributed by atoms with van der Waals surface area (Å²) >= 11 is 1.06. The molecule has 26 heavy (non-hydrogen) atoms. The van der Waals surface area contributed by atoms with Gasteiger partial charge in [0.15, 0.2) is 12.1 Å². The lowest BCUT2D eigenvalue weighted by Crippen LogP contribution is -2.42. The molecule has 0 spiro atoms. The molecule has 0 saturated carbocycles. The molecule has 2 aromatic rings. The van der Waals surface area contributed by atoms with Crippen LogP contribution in [0, 0.1) is 0 Å². The number of benzene rings is 2. The van der Waals surface area contributed by atoms with Crippen molar-refractivity contribution in [3.05, 3.63) is 71.8 Å². The molecule has 1 heterocycles. The summed E-state index contributed by atoms with van der Waals surface area (Å²) in [6.45, 7) is -0.441. The maximum absolute atomic E-state index is 13.8. The third-order valence-electron chi connectivity index (χ3n) is 4.06. The quantitative estimate of drug-likeness (QED) is 0.322. The molecule has 7 heteroatoms. The summed E-state index contributed by atoms with van der Waals surface area (Å²) < 4.78 is 20.2. The molecule has 0 aromatic heterocycles. The van der Waals surface area contributed by atoms with Gasteiger partial charge in [-0.2, -0.15) is 12.6 Å². The number of hydrogen-bond acceptors (Lipinski definition) is 5. The Morgan fingerprint density at radius 1 is 1.08 bits per heavy atom. The summed E-state index contributed by atoms with van der Waals surface area (Å²) in [4.78, 5) is 24.5. The van der Waals surface area contributed by atoms with Crippen LogP contribution in [0.3, 0.4) is 0 Å². The second kappa shape index (κ2) is 8.44. The normalized spacial score (nSPS) is 20.3. The molecular weight excluding hydrogens is 355 g/mol. The van der Waals surface area contributed by atoms with E-state index >= 15 is 0 Å². The van der Waals surface area contributed by atoms with Gasteiger partial charge in [0.2, 0.25) is 6.80 Å². The first kappa shape index (κ1) is 18.6. The Kier molecular flexibility index (Phi) is 6.03. The summed E-state index contributed by atoms with van der Waals surface area (Å²) in [5, 5.41) is 0. The fourth-order valence-electron chi connectivity index (χ4n) is 2.71. The van der Waals surface area contributed by atoms with Crippen LogP contribution in [0.5, 0.6) is 0 Å². The molecule has 0 aliphatic carbocycles. The number of quaternary nitrogens is 1. The summed E-state index contributed by atoms with van der Waals surface area (Å²) in [5.74, 6) is -0.690. The van der Waals surface area contributed by atoms with E-state index in [0.29, 0.717) is 0 Å². The molecule has 1 amide bonds. The molecule has 1 aliphatic heterocycles. The molecule has 2 aromatic carbocycles. The SMILES string of the molecule is O=C(CN1CC(=O)[N+](CF)(Cc2ccccc2)S1)OCc1ccccc1. The minimum absolute atomic E-state index is 0.0157. The first-order chi connectivity index (χ1) is 12.6. The molecule has 0 bridgehead atoms. The van der Waals surface area contributed by atoms with Crippen LogP contribution in [0.1, 0.15) is 11.1 Å². The Labute approximate surface area is 156 Å². The maximum Gasteiger partial charge on any atom is 0.343 e. The van der Waals surface area contributed by atoms with Gasteiger partial charge in [-0.25, -0.2) is 4.79 Å². The van der Waals surface area contributed by atoms with Crippen LogP contribution in [0.15, 0.2) is 60.7 Å². The number of halogens is 1. The van der Waals surface area contributed by atoms with E-state index < -0.39 is 16.7 Å². The van der Waals surface area contributed by atoms with Crippen LogP contribution in [0.2, 0.25) is 0 Å². The highest BCUT2D eigenvalue weighted by Gasteiger charge is 2.49. The first-order valence-electron chi connectivity index (χ1n) is 8.26. The van der Waals surface area contributed by atoms with Crippen LogP contribution in [0.4, 0.5) is 4.39 Å². The Morgan fingerprint density at radius 3 is 2.31 bits per heavy atom. The molecule has 1 aliphatic rings. The van der Waals surface area contributed by atoms with Crippen molar-refractivity contribution in [2.24, 2.45) is 0 Å². The lowest BCUT2D eigenvalue weighted by atomic mass is 10.2. The molecule has 1 atom stereocenters.